The first-order valence-corrected chi connectivity index (χ1v) is 6.48. The van der Waals surface area contributed by atoms with Gasteiger partial charge in [0, 0.05) is 6.07 Å². The van der Waals surface area contributed by atoms with Crippen LogP contribution in [0.5, 0.6) is 0 Å². The van der Waals surface area contributed by atoms with Crippen molar-refractivity contribution in [2.45, 2.75) is 6.42 Å². The number of nitriles is 1. The minimum absolute atomic E-state index is 0.158. The van der Waals surface area contributed by atoms with E-state index in [-0.39, 0.29) is 16.7 Å². The lowest BCUT2D eigenvalue weighted by Crippen LogP contribution is -2.03. The first-order valence-electron chi connectivity index (χ1n) is 5.73. The van der Waals surface area contributed by atoms with Crippen LogP contribution < -0.4 is 0 Å². The number of nitrogens with zero attached hydrogens (tertiary/aromatic N) is 5. The number of halogens is 2. The average molecular weight is 304 g/mol. The van der Waals surface area contributed by atoms with E-state index >= 15 is 0 Å². The lowest BCUT2D eigenvalue weighted by Gasteiger charge is -2.08. The Labute approximate surface area is 124 Å². The molecule has 0 fully saturated rings. The minimum atomic E-state index is 0.158. The molecule has 7 heteroatoms. The second kappa shape index (κ2) is 5.08. The summed E-state index contributed by atoms with van der Waals surface area (Å²) in [5.41, 5.74) is 2.18. The van der Waals surface area contributed by atoms with Crippen LogP contribution in [0, 0.1) is 11.3 Å². The van der Waals surface area contributed by atoms with Gasteiger partial charge in [-0.15, -0.1) is 10.2 Å². The number of hydrogen-bond donors (Lipinski definition) is 0. The van der Waals surface area contributed by atoms with Gasteiger partial charge in [0.25, 0.3) is 0 Å². The maximum Gasteiger partial charge on any atom is 0.175 e. The second-order valence-electron chi connectivity index (χ2n) is 4.03. The Kier molecular flexibility index (Phi) is 3.26. The molecule has 0 radical (unpaired) electrons. The summed E-state index contributed by atoms with van der Waals surface area (Å²) in [4.78, 5) is 4.44. The molecule has 5 nitrogen and oxygen atoms in total. The summed E-state index contributed by atoms with van der Waals surface area (Å²) < 4.78 is 1.78. The van der Waals surface area contributed by atoms with E-state index < -0.39 is 0 Å². The van der Waals surface area contributed by atoms with Crippen LogP contribution in [0.3, 0.4) is 0 Å². The molecule has 0 aliphatic rings. The fraction of sp³-hybridized carbons (Fsp3) is 0.0769. The van der Waals surface area contributed by atoms with Crippen LogP contribution in [0.15, 0.2) is 30.3 Å². The van der Waals surface area contributed by atoms with Gasteiger partial charge in [-0.2, -0.15) is 5.26 Å². The molecule has 0 aliphatic carbocycles. The minimum Gasteiger partial charge on any atom is -0.292 e. The molecule has 0 saturated carbocycles. The molecule has 2 aromatic heterocycles. The van der Waals surface area contributed by atoms with Gasteiger partial charge in [0.15, 0.2) is 10.3 Å². The Hall–Kier alpha value is -2.16. The van der Waals surface area contributed by atoms with Crippen molar-refractivity contribution < 1.29 is 0 Å². The molecule has 0 N–H and O–H groups in total. The molecular formula is C13H7Cl2N5. The van der Waals surface area contributed by atoms with Crippen molar-refractivity contribution in [2.24, 2.45) is 0 Å². The molecule has 20 heavy (non-hydrogen) atoms. The number of para-hydroxylation sites is 2. The summed E-state index contributed by atoms with van der Waals surface area (Å²) in [6, 6.07) is 11.2. The van der Waals surface area contributed by atoms with Crippen LogP contribution >= 0.6 is 23.2 Å². The van der Waals surface area contributed by atoms with E-state index in [2.05, 4.69) is 21.3 Å². The van der Waals surface area contributed by atoms with Gasteiger partial charge in [-0.1, -0.05) is 35.3 Å². The number of benzene rings is 1. The average Bonchev–Trinajstić information content (AvgIpc) is 2.80. The third kappa shape index (κ3) is 2.09. The Bertz CT molecular complexity index is 834. The molecule has 0 aliphatic heterocycles. The van der Waals surface area contributed by atoms with Gasteiger partial charge in [0.1, 0.15) is 5.82 Å². The number of fused-ring (bicyclic) bond motifs is 1. The van der Waals surface area contributed by atoms with Gasteiger partial charge in [-0.25, -0.2) is 4.98 Å². The van der Waals surface area contributed by atoms with Crippen molar-refractivity contribution in [3.63, 3.8) is 0 Å². The molecule has 3 rings (SSSR count). The van der Waals surface area contributed by atoms with Crippen molar-refractivity contribution in [3.05, 3.63) is 46.5 Å². The van der Waals surface area contributed by atoms with E-state index in [1.807, 2.05) is 24.3 Å². The van der Waals surface area contributed by atoms with Gasteiger partial charge in [-0.05, 0) is 12.1 Å². The lowest BCUT2D eigenvalue weighted by atomic mass is 10.3. The molecular weight excluding hydrogens is 297 g/mol. The standard InChI is InChI=1S/C13H7Cl2N5/c14-11-7-10(13(15)19-18-11)20-9-4-2-1-3-8(9)17-12(20)5-6-16/h1-4,7H,5H2. The van der Waals surface area contributed by atoms with Crippen LogP contribution in [0.4, 0.5) is 0 Å². The highest BCUT2D eigenvalue weighted by molar-refractivity contribution is 6.32. The molecule has 0 spiro atoms. The zero-order chi connectivity index (χ0) is 14.1. The Morgan fingerprint density at radius 3 is 2.80 bits per heavy atom. The number of hydrogen-bond acceptors (Lipinski definition) is 4. The van der Waals surface area contributed by atoms with E-state index in [1.165, 1.54) is 0 Å². The number of aromatic nitrogens is 4. The van der Waals surface area contributed by atoms with Crippen molar-refractivity contribution >= 4 is 34.2 Å². The molecule has 0 amide bonds. The zero-order valence-electron chi connectivity index (χ0n) is 10.1. The summed E-state index contributed by atoms with van der Waals surface area (Å²) in [5.74, 6) is 0.583. The summed E-state index contributed by atoms with van der Waals surface area (Å²) in [6.45, 7) is 0. The first-order chi connectivity index (χ1) is 9.70. The topological polar surface area (TPSA) is 67.4 Å². The molecule has 3 aromatic rings. The third-order valence-electron chi connectivity index (χ3n) is 2.81. The van der Waals surface area contributed by atoms with Crippen LogP contribution in [0.2, 0.25) is 10.3 Å². The fourth-order valence-electron chi connectivity index (χ4n) is 2.03. The Morgan fingerprint density at radius 1 is 1.20 bits per heavy atom. The predicted octanol–water partition coefficient (Wildman–Crippen LogP) is 3.19. The van der Waals surface area contributed by atoms with E-state index in [9.17, 15) is 0 Å². The van der Waals surface area contributed by atoms with Gasteiger partial charge >= 0.3 is 0 Å². The monoisotopic (exact) mass is 303 g/mol. The molecule has 0 saturated heterocycles. The molecule has 0 bridgehead atoms. The molecule has 1 aromatic carbocycles. The SMILES string of the molecule is N#CCc1nc2ccccc2n1-c1cc(Cl)nnc1Cl. The van der Waals surface area contributed by atoms with Gasteiger partial charge in [0.05, 0.1) is 29.2 Å². The maximum absolute atomic E-state index is 8.95. The van der Waals surface area contributed by atoms with Crippen LogP contribution in [0.25, 0.3) is 16.7 Å². The second-order valence-corrected chi connectivity index (χ2v) is 4.78. The van der Waals surface area contributed by atoms with Gasteiger partial charge < -0.3 is 0 Å². The van der Waals surface area contributed by atoms with Crippen molar-refractivity contribution in [1.29, 1.82) is 5.26 Å². The number of rotatable bonds is 2. The molecule has 2 heterocycles. The highest BCUT2D eigenvalue weighted by Crippen LogP contribution is 2.26. The van der Waals surface area contributed by atoms with Crippen molar-refractivity contribution in [3.8, 4) is 11.8 Å². The summed E-state index contributed by atoms with van der Waals surface area (Å²) in [5, 5.41) is 16.9. The first kappa shape index (κ1) is 12.9. The quantitative estimate of drug-likeness (QED) is 0.729. The Morgan fingerprint density at radius 2 is 2.00 bits per heavy atom. The highest BCUT2D eigenvalue weighted by atomic mass is 35.5. The molecule has 98 valence electrons. The largest absolute Gasteiger partial charge is 0.292 e. The predicted molar refractivity (Wildman–Crippen MR) is 76.0 cm³/mol. The third-order valence-corrected chi connectivity index (χ3v) is 3.26. The fourth-order valence-corrected chi connectivity index (χ4v) is 2.35. The Balaban J connectivity index is 2.36. The smallest absolute Gasteiger partial charge is 0.175 e. The normalized spacial score (nSPS) is 10.7. The van der Waals surface area contributed by atoms with Gasteiger partial charge in [0.2, 0.25) is 0 Å². The summed E-state index contributed by atoms with van der Waals surface area (Å²) in [7, 11) is 0. The summed E-state index contributed by atoms with van der Waals surface area (Å²) >= 11 is 12.0. The number of imidazole rings is 1. The van der Waals surface area contributed by atoms with E-state index in [1.54, 1.807) is 10.6 Å². The molecule has 0 atom stereocenters. The zero-order valence-corrected chi connectivity index (χ0v) is 11.6. The van der Waals surface area contributed by atoms with E-state index in [0.717, 1.165) is 11.0 Å². The highest BCUT2D eigenvalue weighted by Gasteiger charge is 2.15. The van der Waals surface area contributed by atoms with Crippen LogP contribution in [-0.4, -0.2) is 19.7 Å². The lowest BCUT2D eigenvalue weighted by molar-refractivity contribution is 0.925. The molecule has 0 unspecified atom stereocenters. The van der Waals surface area contributed by atoms with E-state index in [0.29, 0.717) is 11.5 Å². The van der Waals surface area contributed by atoms with E-state index in [4.69, 9.17) is 28.5 Å². The summed E-state index contributed by atoms with van der Waals surface area (Å²) in [6.07, 6.45) is 0.158. The maximum atomic E-state index is 8.95. The van der Waals surface area contributed by atoms with Crippen molar-refractivity contribution in [1.82, 2.24) is 19.7 Å². The van der Waals surface area contributed by atoms with Crippen LogP contribution in [0.1, 0.15) is 5.82 Å². The van der Waals surface area contributed by atoms with Crippen molar-refractivity contribution in [2.75, 3.05) is 0 Å². The van der Waals surface area contributed by atoms with Gasteiger partial charge in [-0.3, -0.25) is 4.57 Å². The van der Waals surface area contributed by atoms with Crippen LogP contribution in [-0.2, 0) is 6.42 Å².